The van der Waals surface area contributed by atoms with Gasteiger partial charge in [0.1, 0.15) is 23.2 Å². The number of ether oxygens (including phenoxy) is 1. The normalized spacial score (nSPS) is 15.0. The summed E-state index contributed by atoms with van der Waals surface area (Å²) in [5, 5.41) is 2.42. The molecular formula is C21H15F3N2O2. The molecule has 0 bridgehead atoms. The summed E-state index contributed by atoms with van der Waals surface area (Å²) in [6, 6.07) is 10.8. The Morgan fingerprint density at radius 2 is 1.82 bits per heavy atom. The van der Waals surface area contributed by atoms with Gasteiger partial charge < -0.3 is 10.1 Å². The number of carbonyl (C=O) groups excluding carboxylic acids is 1. The number of nitrogens with zero attached hydrogens (tertiary/aromatic N) is 1. The zero-order valence-corrected chi connectivity index (χ0v) is 14.6. The summed E-state index contributed by atoms with van der Waals surface area (Å²) in [7, 11) is 0. The molecule has 4 rings (SSSR count). The van der Waals surface area contributed by atoms with Gasteiger partial charge in [0.05, 0.1) is 6.54 Å². The smallest absolute Gasteiger partial charge is 0.257 e. The standard InChI is InChI=1S/C21H15F3N2O2/c22-16-4-5-17(23)19(24)18(16)21(27)26-11-14-10-13-2-1-3-15(20(13)28-14)12-6-8-25-9-7-12/h1-9,14H,10-11H2,(H,26,27)/t14-/m0/s1. The molecule has 1 aliphatic rings. The topological polar surface area (TPSA) is 51.2 Å². The zero-order valence-electron chi connectivity index (χ0n) is 14.6. The lowest BCUT2D eigenvalue weighted by molar-refractivity contribution is 0.0924. The Bertz CT molecular complexity index is 1040. The largest absolute Gasteiger partial charge is 0.487 e. The van der Waals surface area contributed by atoms with Gasteiger partial charge in [0, 0.05) is 24.4 Å². The molecule has 142 valence electrons. The third kappa shape index (κ3) is 3.31. The number of nitrogens with one attached hydrogen (secondary N) is 1. The molecule has 2 aromatic carbocycles. The second kappa shape index (κ2) is 7.34. The molecule has 1 aliphatic heterocycles. The molecule has 3 aromatic rings. The summed E-state index contributed by atoms with van der Waals surface area (Å²) < 4.78 is 46.8. The minimum absolute atomic E-state index is 0.0265. The van der Waals surface area contributed by atoms with Crippen LogP contribution in [0, 0.1) is 17.5 Å². The molecule has 1 amide bonds. The molecule has 2 heterocycles. The number of aromatic nitrogens is 1. The molecular weight excluding hydrogens is 369 g/mol. The number of amides is 1. The quantitative estimate of drug-likeness (QED) is 0.694. The van der Waals surface area contributed by atoms with E-state index < -0.39 is 35.0 Å². The van der Waals surface area contributed by atoms with E-state index in [4.69, 9.17) is 4.74 Å². The molecule has 7 heteroatoms. The Morgan fingerprint density at radius 3 is 2.61 bits per heavy atom. The van der Waals surface area contributed by atoms with Crippen LogP contribution < -0.4 is 10.1 Å². The maximum absolute atomic E-state index is 13.8. The van der Waals surface area contributed by atoms with Crippen molar-refractivity contribution in [2.75, 3.05) is 6.54 Å². The minimum atomic E-state index is -1.51. The summed E-state index contributed by atoms with van der Waals surface area (Å²) >= 11 is 0. The second-order valence-electron chi connectivity index (χ2n) is 6.40. The number of para-hydroxylation sites is 1. The van der Waals surface area contributed by atoms with E-state index >= 15 is 0 Å². The van der Waals surface area contributed by atoms with Crippen molar-refractivity contribution in [3.05, 3.63) is 83.4 Å². The fourth-order valence-electron chi connectivity index (χ4n) is 3.24. The van der Waals surface area contributed by atoms with Crippen LogP contribution in [0.15, 0.2) is 54.9 Å². The van der Waals surface area contributed by atoms with Gasteiger partial charge in [-0.15, -0.1) is 0 Å². The van der Waals surface area contributed by atoms with Crippen LogP contribution in [0.1, 0.15) is 15.9 Å². The van der Waals surface area contributed by atoms with Gasteiger partial charge in [-0.25, -0.2) is 13.2 Å². The molecule has 0 spiro atoms. The third-order valence-corrected chi connectivity index (χ3v) is 4.58. The highest BCUT2D eigenvalue weighted by atomic mass is 19.2. The first kappa shape index (κ1) is 18.0. The Kier molecular flexibility index (Phi) is 4.73. The molecule has 1 atom stereocenters. The average molecular weight is 384 g/mol. The van der Waals surface area contributed by atoms with Crippen molar-refractivity contribution in [2.45, 2.75) is 12.5 Å². The van der Waals surface area contributed by atoms with E-state index in [0.29, 0.717) is 18.2 Å². The van der Waals surface area contributed by atoms with Crippen LogP contribution in [0.4, 0.5) is 13.2 Å². The minimum Gasteiger partial charge on any atom is -0.487 e. The fourth-order valence-corrected chi connectivity index (χ4v) is 3.24. The molecule has 0 radical (unpaired) electrons. The van der Waals surface area contributed by atoms with Crippen LogP contribution in [0.3, 0.4) is 0 Å². The lowest BCUT2D eigenvalue weighted by Gasteiger charge is -2.14. The molecule has 1 aromatic heterocycles. The van der Waals surface area contributed by atoms with Gasteiger partial charge in [-0.1, -0.05) is 18.2 Å². The van der Waals surface area contributed by atoms with E-state index in [1.807, 2.05) is 30.3 Å². The van der Waals surface area contributed by atoms with E-state index in [0.717, 1.165) is 22.8 Å². The van der Waals surface area contributed by atoms with E-state index in [-0.39, 0.29) is 6.54 Å². The summed E-state index contributed by atoms with van der Waals surface area (Å²) in [6.07, 6.45) is 3.50. The SMILES string of the molecule is O=C(NC[C@@H]1Cc2cccc(-c3ccncc3)c2O1)c1c(F)ccc(F)c1F. The highest BCUT2D eigenvalue weighted by molar-refractivity contribution is 5.94. The fraction of sp³-hybridized carbons (Fsp3) is 0.143. The zero-order chi connectivity index (χ0) is 19.7. The second-order valence-corrected chi connectivity index (χ2v) is 6.40. The van der Waals surface area contributed by atoms with Gasteiger partial charge in [-0.3, -0.25) is 9.78 Å². The van der Waals surface area contributed by atoms with Crippen molar-refractivity contribution < 1.29 is 22.7 Å². The molecule has 0 saturated heterocycles. The average Bonchev–Trinajstić information content (AvgIpc) is 3.13. The molecule has 0 saturated carbocycles. The van der Waals surface area contributed by atoms with Crippen molar-refractivity contribution in [3.8, 4) is 16.9 Å². The van der Waals surface area contributed by atoms with Gasteiger partial charge in [0.25, 0.3) is 5.91 Å². The van der Waals surface area contributed by atoms with Crippen molar-refractivity contribution in [2.24, 2.45) is 0 Å². The van der Waals surface area contributed by atoms with Crippen LogP contribution in [0.25, 0.3) is 11.1 Å². The molecule has 0 fully saturated rings. The lowest BCUT2D eigenvalue weighted by atomic mass is 10.0. The van der Waals surface area contributed by atoms with Crippen molar-refractivity contribution in [1.82, 2.24) is 10.3 Å². The highest BCUT2D eigenvalue weighted by Gasteiger charge is 2.27. The number of benzene rings is 2. The molecule has 4 nitrogen and oxygen atoms in total. The summed E-state index contributed by atoms with van der Waals surface area (Å²) in [6.45, 7) is 0.0265. The maximum atomic E-state index is 13.8. The number of carbonyl (C=O) groups is 1. The number of hydrogen-bond donors (Lipinski definition) is 1. The first-order valence-corrected chi connectivity index (χ1v) is 8.65. The maximum Gasteiger partial charge on any atom is 0.257 e. The van der Waals surface area contributed by atoms with E-state index in [9.17, 15) is 18.0 Å². The first-order chi connectivity index (χ1) is 13.5. The number of rotatable bonds is 4. The number of hydrogen-bond acceptors (Lipinski definition) is 3. The predicted octanol–water partition coefficient (Wildman–Crippen LogP) is 3.90. The van der Waals surface area contributed by atoms with Crippen LogP contribution in [0.5, 0.6) is 5.75 Å². The van der Waals surface area contributed by atoms with Crippen LogP contribution in [-0.4, -0.2) is 23.5 Å². The van der Waals surface area contributed by atoms with Gasteiger partial charge in [0.15, 0.2) is 11.6 Å². The Labute approximate surface area is 159 Å². The van der Waals surface area contributed by atoms with E-state index in [1.165, 1.54) is 0 Å². The van der Waals surface area contributed by atoms with Gasteiger partial charge in [-0.05, 0) is 35.4 Å². The van der Waals surface area contributed by atoms with Crippen LogP contribution in [-0.2, 0) is 6.42 Å². The molecule has 1 N–H and O–H groups in total. The summed E-state index contributed by atoms with van der Waals surface area (Å²) in [4.78, 5) is 16.1. The van der Waals surface area contributed by atoms with Gasteiger partial charge in [0.2, 0.25) is 0 Å². The predicted molar refractivity (Wildman–Crippen MR) is 96.4 cm³/mol. The number of fused-ring (bicyclic) bond motifs is 1. The first-order valence-electron chi connectivity index (χ1n) is 8.65. The summed E-state index contributed by atoms with van der Waals surface area (Å²) in [5.41, 5.74) is 1.88. The number of halogens is 3. The van der Waals surface area contributed by atoms with Gasteiger partial charge in [-0.2, -0.15) is 0 Å². The van der Waals surface area contributed by atoms with Crippen LogP contribution >= 0.6 is 0 Å². The van der Waals surface area contributed by atoms with Gasteiger partial charge >= 0.3 is 0 Å². The Balaban J connectivity index is 1.48. The Hall–Kier alpha value is -3.35. The molecule has 28 heavy (non-hydrogen) atoms. The van der Waals surface area contributed by atoms with E-state index in [1.54, 1.807) is 12.4 Å². The van der Waals surface area contributed by atoms with E-state index in [2.05, 4.69) is 10.3 Å². The highest BCUT2D eigenvalue weighted by Crippen LogP contribution is 2.38. The third-order valence-electron chi connectivity index (χ3n) is 4.58. The molecule has 0 unspecified atom stereocenters. The van der Waals surface area contributed by atoms with Crippen LogP contribution in [0.2, 0.25) is 0 Å². The monoisotopic (exact) mass is 384 g/mol. The van der Waals surface area contributed by atoms with Crippen molar-refractivity contribution in [3.63, 3.8) is 0 Å². The summed E-state index contributed by atoms with van der Waals surface area (Å²) in [5.74, 6) is -4.22. The Morgan fingerprint density at radius 1 is 1.07 bits per heavy atom. The van der Waals surface area contributed by atoms with Crippen molar-refractivity contribution >= 4 is 5.91 Å². The van der Waals surface area contributed by atoms with Crippen molar-refractivity contribution in [1.29, 1.82) is 0 Å². The molecule has 0 aliphatic carbocycles. The lowest BCUT2D eigenvalue weighted by Crippen LogP contribution is -2.35. The number of pyridine rings is 1.